The number of hydrogen-bond acceptors (Lipinski definition) is 6. The molecule has 1 N–H and O–H groups in total. The fourth-order valence-electron chi connectivity index (χ4n) is 2.06. The van der Waals surface area contributed by atoms with Gasteiger partial charge in [-0.3, -0.25) is 10.1 Å². The van der Waals surface area contributed by atoms with Crippen molar-refractivity contribution >= 4 is 27.0 Å². The van der Waals surface area contributed by atoms with Gasteiger partial charge in [0, 0.05) is 17.0 Å². The van der Waals surface area contributed by atoms with Gasteiger partial charge in [-0.2, -0.15) is 5.26 Å². The smallest absolute Gasteiger partial charge is 0.258 e. The minimum Gasteiger partial charge on any atom is -0.258 e. The molecule has 0 fully saturated rings. The quantitative estimate of drug-likeness (QED) is 0.608. The first-order valence-corrected chi connectivity index (χ1v) is 8.95. The SMILES string of the molecule is N#CC[C@@H](Cc1cccs1)NS(=O)(=O)c1ccccc1[N+](=O)[O-]. The van der Waals surface area contributed by atoms with Gasteiger partial charge in [0.2, 0.25) is 10.0 Å². The largest absolute Gasteiger partial charge is 0.289 e. The van der Waals surface area contributed by atoms with E-state index in [0.717, 1.165) is 10.9 Å². The predicted octanol–water partition coefficient (Wildman–Crippen LogP) is 2.46. The Morgan fingerprint density at radius 2 is 2.04 bits per heavy atom. The number of nitrogens with one attached hydrogen (secondary N) is 1. The molecule has 0 aliphatic rings. The van der Waals surface area contributed by atoms with Gasteiger partial charge in [-0.05, 0) is 23.9 Å². The summed E-state index contributed by atoms with van der Waals surface area (Å²) in [5, 5.41) is 21.7. The zero-order chi connectivity index (χ0) is 16.9. The average Bonchev–Trinajstić information content (AvgIpc) is 3.00. The van der Waals surface area contributed by atoms with Gasteiger partial charge >= 0.3 is 0 Å². The van der Waals surface area contributed by atoms with Gasteiger partial charge < -0.3 is 0 Å². The molecule has 0 bridgehead atoms. The summed E-state index contributed by atoms with van der Waals surface area (Å²) in [6.07, 6.45) is 0.322. The van der Waals surface area contributed by atoms with E-state index in [9.17, 15) is 18.5 Å². The Balaban J connectivity index is 2.28. The molecule has 0 saturated heterocycles. The van der Waals surface area contributed by atoms with Crippen LogP contribution in [0.15, 0.2) is 46.7 Å². The van der Waals surface area contributed by atoms with Crippen LogP contribution in [0.25, 0.3) is 0 Å². The van der Waals surface area contributed by atoms with Crippen molar-refractivity contribution in [2.45, 2.75) is 23.8 Å². The van der Waals surface area contributed by atoms with Crippen molar-refractivity contribution in [3.63, 3.8) is 0 Å². The number of nitro benzene ring substituents is 1. The lowest BCUT2D eigenvalue weighted by Gasteiger charge is -2.15. The molecule has 1 atom stereocenters. The Morgan fingerprint density at radius 3 is 2.65 bits per heavy atom. The maximum Gasteiger partial charge on any atom is 0.289 e. The van der Waals surface area contributed by atoms with Crippen molar-refractivity contribution in [1.82, 2.24) is 4.72 Å². The Morgan fingerprint density at radius 1 is 1.30 bits per heavy atom. The zero-order valence-corrected chi connectivity index (χ0v) is 13.5. The van der Waals surface area contributed by atoms with E-state index in [2.05, 4.69) is 4.72 Å². The first kappa shape index (κ1) is 17.1. The van der Waals surface area contributed by atoms with Gasteiger partial charge in [-0.1, -0.05) is 18.2 Å². The normalized spacial score (nSPS) is 12.5. The van der Waals surface area contributed by atoms with E-state index >= 15 is 0 Å². The predicted molar refractivity (Wildman–Crippen MR) is 85.5 cm³/mol. The molecule has 0 unspecified atom stereocenters. The lowest BCUT2D eigenvalue weighted by Crippen LogP contribution is -2.36. The summed E-state index contributed by atoms with van der Waals surface area (Å²) >= 11 is 1.45. The number of rotatable bonds is 7. The molecule has 120 valence electrons. The molecular formula is C14H13N3O4S2. The first-order chi connectivity index (χ1) is 10.9. The summed E-state index contributed by atoms with van der Waals surface area (Å²) in [6, 6.07) is 10.1. The molecule has 9 heteroatoms. The minimum atomic E-state index is -4.10. The average molecular weight is 351 g/mol. The van der Waals surface area contributed by atoms with Crippen LogP contribution in [0.3, 0.4) is 0 Å². The number of thiophene rings is 1. The van der Waals surface area contributed by atoms with Crippen LogP contribution in [0.2, 0.25) is 0 Å². The van der Waals surface area contributed by atoms with Gasteiger partial charge in [0.15, 0.2) is 4.90 Å². The summed E-state index contributed by atoms with van der Waals surface area (Å²) in [4.78, 5) is 10.8. The number of sulfonamides is 1. The van der Waals surface area contributed by atoms with Gasteiger partial charge in [0.05, 0.1) is 17.4 Å². The van der Waals surface area contributed by atoms with Gasteiger partial charge in [0.25, 0.3) is 5.69 Å². The minimum absolute atomic E-state index is 0.0300. The topological polar surface area (TPSA) is 113 Å². The van der Waals surface area contributed by atoms with E-state index in [4.69, 9.17) is 5.26 Å². The maximum absolute atomic E-state index is 12.4. The molecular weight excluding hydrogens is 338 g/mol. The van der Waals surface area contributed by atoms with E-state index in [1.807, 2.05) is 23.6 Å². The van der Waals surface area contributed by atoms with E-state index in [0.29, 0.717) is 6.42 Å². The summed E-state index contributed by atoms with van der Waals surface area (Å²) in [5.74, 6) is 0. The van der Waals surface area contributed by atoms with Crippen molar-refractivity contribution in [1.29, 1.82) is 5.26 Å². The van der Waals surface area contributed by atoms with Crippen LogP contribution in [0.4, 0.5) is 5.69 Å². The molecule has 23 heavy (non-hydrogen) atoms. The molecule has 0 spiro atoms. The Hall–Kier alpha value is -2.28. The van der Waals surface area contributed by atoms with Crippen LogP contribution in [0.5, 0.6) is 0 Å². The molecule has 0 aliphatic carbocycles. The number of nitriles is 1. The summed E-state index contributed by atoms with van der Waals surface area (Å²) in [7, 11) is -4.10. The lowest BCUT2D eigenvalue weighted by molar-refractivity contribution is -0.387. The molecule has 1 aromatic carbocycles. The second-order valence-corrected chi connectivity index (χ2v) is 7.40. The highest BCUT2D eigenvalue weighted by atomic mass is 32.2. The third kappa shape index (κ3) is 4.35. The third-order valence-electron chi connectivity index (χ3n) is 3.04. The molecule has 7 nitrogen and oxygen atoms in total. The third-order valence-corrected chi connectivity index (χ3v) is 5.51. The second-order valence-electron chi connectivity index (χ2n) is 4.69. The standard InChI is InChI=1S/C14H13N3O4S2/c15-8-7-11(10-12-4-3-9-22-12)16-23(20,21)14-6-2-1-5-13(14)17(18)19/h1-6,9,11,16H,7,10H2/t11-/m0/s1. The Labute approximate surface area is 137 Å². The highest BCUT2D eigenvalue weighted by Crippen LogP contribution is 2.23. The highest BCUT2D eigenvalue weighted by Gasteiger charge is 2.27. The molecule has 1 heterocycles. The van der Waals surface area contributed by atoms with Gasteiger partial charge in [-0.15, -0.1) is 11.3 Å². The molecule has 0 amide bonds. The van der Waals surface area contributed by atoms with Crippen LogP contribution in [-0.2, 0) is 16.4 Å². The number of hydrogen-bond donors (Lipinski definition) is 1. The molecule has 2 rings (SSSR count). The number of benzene rings is 1. The molecule has 2 aromatic rings. The number of nitrogens with zero attached hydrogens (tertiary/aromatic N) is 2. The van der Waals surface area contributed by atoms with Crippen molar-refractivity contribution in [3.05, 3.63) is 56.8 Å². The van der Waals surface area contributed by atoms with E-state index in [-0.39, 0.29) is 6.42 Å². The van der Waals surface area contributed by atoms with Crippen molar-refractivity contribution in [2.24, 2.45) is 0 Å². The van der Waals surface area contributed by atoms with E-state index in [1.165, 1.54) is 29.5 Å². The maximum atomic E-state index is 12.4. The van der Waals surface area contributed by atoms with Crippen molar-refractivity contribution in [3.8, 4) is 6.07 Å². The number of nitro groups is 1. The molecule has 0 saturated carbocycles. The Bertz CT molecular complexity index is 826. The fraction of sp³-hybridized carbons (Fsp3) is 0.214. The fourth-order valence-corrected chi connectivity index (χ4v) is 4.25. The number of para-hydroxylation sites is 1. The second kappa shape index (κ2) is 7.32. The molecule has 0 radical (unpaired) electrons. The Kier molecular flexibility index (Phi) is 5.44. The highest BCUT2D eigenvalue weighted by molar-refractivity contribution is 7.89. The molecule has 1 aromatic heterocycles. The first-order valence-electron chi connectivity index (χ1n) is 6.59. The van der Waals surface area contributed by atoms with Crippen LogP contribution in [0.1, 0.15) is 11.3 Å². The van der Waals surface area contributed by atoms with Crippen LogP contribution >= 0.6 is 11.3 Å². The van der Waals surface area contributed by atoms with Crippen molar-refractivity contribution in [2.75, 3.05) is 0 Å². The van der Waals surface area contributed by atoms with Gasteiger partial charge in [-0.25, -0.2) is 13.1 Å². The lowest BCUT2D eigenvalue weighted by atomic mass is 10.1. The van der Waals surface area contributed by atoms with Gasteiger partial charge in [0.1, 0.15) is 0 Å². The van der Waals surface area contributed by atoms with E-state index < -0.39 is 31.6 Å². The summed E-state index contributed by atoms with van der Waals surface area (Å²) in [6.45, 7) is 0. The van der Waals surface area contributed by atoms with Crippen molar-refractivity contribution < 1.29 is 13.3 Å². The van der Waals surface area contributed by atoms with E-state index in [1.54, 1.807) is 0 Å². The van der Waals surface area contributed by atoms with Crippen LogP contribution in [-0.4, -0.2) is 19.4 Å². The van der Waals surface area contributed by atoms with Crippen LogP contribution < -0.4 is 4.72 Å². The van der Waals surface area contributed by atoms with Crippen LogP contribution in [0, 0.1) is 21.4 Å². The summed E-state index contributed by atoms with van der Waals surface area (Å²) in [5.41, 5.74) is -0.494. The monoisotopic (exact) mass is 351 g/mol. The molecule has 0 aliphatic heterocycles. The zero-order valence-electron chi connectivity index (χ0n) is 11.9. The summed E-state index contributed by atoms with van der Waals surface area (Å²) < 4.78 is 27.3.